The van der Waals surface area contributed by atoms with Gasteiger partial charge >= 0.3 is 0 Å². The highest BCUT2D eigenvalue weighted by atomic mass is 32.1. The smallest absolute Gasteiger partial charge is 0.170 e. The number of benzene rings is 2. The first-order valence-corrected chi connectivity index (χ1v) is 6.74. The zero-order valence-corrected chi connectivity index (χ0v) is 11.5. The second-order valence-corrected chi connectivity index (χ2v) is 4.82. The van der Waals surface area contributed by atoms with Crippen molar-refractivity contribution in [1.29, 1.82) is 0 Å². The number of hydrogen-bond donors (Lipinski definition) is 3. The fraction of sp³-hybridized carbons (Fsp3) is 0.133. The largest absolute Gasteiger partial charge is 0.363 e. The Kier molecular flexibility index (Phi) is 3.09. The summed E-state index contributed by atoms with van der Waals surface area (Å²) in [5, 5.41) is 9.38. The van der Waals surface area contributed by atoms with Gasteiger partial charge in [-0.3, -0.25) is 0 Å². The number of rotatable bonds is 2. The normalized spacial score (nSPS) is 10.8. The molecule has 19 heavy (non-hydrogen) atoms. The van der Waals surface area contributed by atoms with Crippen LogP contribution in [-0.2, 0) is 0 Å². The predicted octanol–water partition coefficient (Wildman–Crippen LogP) is 3.63. The third kappa shape index (κ3) is 2.27. The predicted molar refractivity (Wildman–Crippen MR) is 85.7 cm³/mol. The van der Waals surface area contributed by atoms with Crippen molar-refractivity contribution in [1.82, 2.24) is 10.3 Å². The molecule has 0 saturated heterocycles. The molecule has 2 aromatic carbocycles. The summed E-state index contributed by atoms with van der Waals surface area (Å²) in [6, 6.07) is 14.5. The Morgan fingerprint density at radius 2 is 1.89 bits per heavy atom. The molecule has 1 aromatic heterocycles. The third-order valence-electron chi connectivity index (χ3n) is 3.10. The molecule has 0 aliphatic carbocycles. The number of aromatic nitrogens is 1. The molecule has 0 atom stereocenters. The van der Waals surface area contributed by atoms with Gasteiger partial charge in [-0.25, -0.2) is 0 Å². The Morgan fingerprint density at radius 1 is 1.11 bits per heavy atom. The topological polar surface area (TPSA) is 39.8 Å². The summed E-state index contributed by atoms with van der Waals surface area (Å²) >= 11 is 5.20. The van der Waals surface area contributed by atoms with Crippen molar-refractivity contribution in [2.75, 3.05) is 11.9 Å². The van der Waals surface area contributed by atoms with E-state index < -0.39 is 0 Å². The molecular weight excluding hydrogens is 254 g/mol. The molecule has 3 N–H and O–H groups in total. The van der Waals surface area contributed by atoms with Crippen LogP contribution in [0.2, 0.25) is 0 Å². The van der Waals surface area contributed by atoms with Gasteiger partial charge in [0.1, 0.15) is 0 Å². The standard InChI is InChI=1S/C15H15N3S/c1-2-16-15(19)17-10-7-8-14-12(9-10)11-5-3-4-6-13(11)18-14/h3-9,18H,2H2,1H3,(H2,16,17,19). The van der Waals surface area contributed by atoms with Gasteiger partial charge in [0.15, 0.2) is 5.11 Å². The number of nitrogens with one attached hydrogen (secondary N) is 3. The van der Waals surface area contributed by atoms with Gasteiger partial charge in [-0.1, -0.05) is 18.2 Å². The van der Waals surface area contributed by atoms with Crippen molar-refractivity contribution in [2.24, 2.45) is 0 Å². The quantitative estimate of drug-likeness (QED) is 0.622. The number of para-hydroxylation sites is 1. The molecule has 0 spiro atoms. The van der Waals surface area contributed by atoms with Gasteiger partial charge in [0.25, 0.3) is 0 Å². The molecule has 0 fully saturated rings. The molecule has 1 heterocycles. The molecule has 4 heteroatoms. The van der Waals surface area contributed by atoms with Crippen molar-refractivity contribution in [3.05, 3.63) is 42.5 Å². The summed E-state index contributed by atoms with van der Waals surface area (Å²) in [6.45, 7) is 2.85. The van der Waals surface area contributed by atoms with Crippen molar-refractivity contribution in [3.8, 4) is 0 Å². The summed E-state index contributed by atoms with van der Waals surface area (Å²) in [5.41, 5.74) is 3.30. The minimum absolute atomic E-state index is 0.654. The van der Waals surface area contributed by atoms with Crippen LogP contribution < -0.4 is 10.6 Å². The molecular formula is C15H15N3S. The van der Waals surface area contributed by atoms with Crippen LogP contribution in [0.3, 0.4) is 0 Å². The van der Waals surface area contributed by atoms with Crippen LogP contribution in [0.15, 0.2) is 42.5 Å². The maximum absolute atomic E-state index is 5.20. The highest BCUT2D eigenvalue weighted by Crippen LogP contribution is 2.27. The van der Waals surface area contributed by atoms with Gasteiger partial charge in [0.05, 0.1) is 0 Å². The second kappa shape index (κ2) is 4.90. The van der Waals surface area contributed by atoms with Crippen molar-refractivity contribution >= 4 is 44.8 Å². The number of fused-ring (bicyclic) bond motifs is 3. The van der Waals surface area contributed by atoms with E-state index >= 15 is 0 Å². The molecule has 0 saturated carbocycles. The summed E-state index contributed by atoms with van der Waals surface area (Å²) in [5.74, 6) is 0. The highest BCUT2D eigenvalue weighted by molar-refractivity contribution is 7.80. The lowest BCUT2D eigenvalue weighted by Crippen LogP contribution is -2.27. The fourth-order valence-electron chi connectivity index (χ4n) is 2.26. The van der Waals surface area contributed by atoms with E-state index in [2.05, 4.69) is 45.9 Å². The maximum Gasteiger partial charge on any atom is 0.170 e. The summed E-state index contributed by atoms with van der Waals surface area (Å²) in [4.78, 5) is 3.41. The molecule has 3 aromatic rings. The molecule has 0 aliphatic rings. The number of aromatic amines is 1. The summed E-state index contributed by atoms with van der Waals surface area (Å²) in [6.07, 6.45) is 0. The van der Waals surface area contributed by atoms with E-state index in [1.54, 1.807) is 0 Å². The number of thiocarbonyl (C=S) groups is 1. The molecule has 0 unspecified atom stereocenters. The molecule has 96 valence electrons. The van der Waals surface area contributed by atoms with E-state index in [0.717, 1.165) is 23.3 Å². The Morgan fingerprint density at radius 3 is 2.74 bits per heavy atom. The van der Waals surface area contributed by atoms with Crippen LogP contribution in [0.25, 0.3) is 21.8 Å². The molecule has 0 amide bonds. The van der Waals surface area contributed by atoms with E-state index in [1.165, 1.54) is 10.8 Å². The average Bonchev–Trinajstić information content (AvgIpc) is 2.77. The Labute approximate surface area is 117 Å². The van der Waals surface area contributed by atoms with Gasteiger partial charge in [-0.15, -0.1) is 0 Å². The lowest BCUT2D eigenvalue weighted by molar-refractivity contribution is 0.979. The van der Waals surface area contributed by atoms with E-state index in [4.69, 9.17) is 12.2 Å². The van der Waals surface area contributed by atoms with Gasteiger partial charge in [0, 0.05) is 34.0 Å². The highest BCUT2D eigenvalue weighted by Gasteiger charge is 2.04. The van der Waals surface area contributed by atoms with Gasteiger partial charge < -0.3 is 15.6 Å². The monoisotopic (exact) mass is 269 g/mol. The second-order valence-electron chi connectivity index (χ2n) is 4.42. The first kappa shape index (κ1) is 12.0. The minimum atomic E-state index is 0.654. The maximum atomic E-state index is 5.20. The molecule has 0 radical (unpaired) electrons. The zero-order chi connectivity index (χ0) is 13.2. The van der Waals surface area contributed by atoms with Gasteiger partial charge in [-0.05, 0) is 43.4 Å². The summed E-state index contributed by atoms with van der Waals surface area (Å²) < 4.78 is 0. The Bertz CT molecular complexity index is 745. The number of anilines is 1. The average molecular weight is 269 g/mol. The van der Waals surface area contributed by atoms with E-state index in [1.807, 2.05) is 19.1 Å². The van der Waals surface area contributed by atoms with E-state index in [0.29, 0.717) is 5.11 Å². The SMILES string of the molecule is CCNC(=S)Nc1ccc2[nH]c3ccccc3c2c1. The third-order valence-corrected chi connectivity index (χ3v) is 3.35. The van der Waals surface area contributed by atoms with Crippen molar-refractivity contribution < 1.29 is 0 Å². The number of hydrogen-bond acceptors (Lipinski definition) is 1. The van der Waals surface area contributed by atoms with Crippen LogP contribution in [0.4, 0.5) is 5.69 Å². The first-order valence-electron chi connectivity index (χ1n) is 6.33. The van der Waals surface area contributed by atoms with E-state index in [-0.39, 0.29) is 0 Å². The van der Waals surface area contributed by atoms with Crippen molar-refractivity contribution in [2.45, 2.75) is 6.92 Å². The fourth-order valence-corrected chi connectivity index (χ4v) is 2.52. The van der Waals surface area contributed by atoms with Crippen LogP contribution in [-0.4, -0.2) is 16.6 Å². The van der Waals surface area contributed by atoms with Crippen LogP contribution in [0.5, 0.6) is 0 Å². The van der Waals surface area contributed by atoms with Crippen LogP contribution >= 0.6 is 12.2 Å². The lowest BCUT2D eigenvalue weighted by atomic mass is 10.1. The molecule has 0 bridgehead atoms. The van der Waals surface area contributed by atoms with Gasteiger partial charge in [-0.2, -0.15) is 0 Å². The van der Waals surface area contributed by atoms with Crippen molar-refractivity contribution in [3.63, 3.8) is 0 Å². The van der Waals surface area contributed by atoms with Gasteiger partial charge in [0.2, 0.25) is 0 Å². The zero-order valence-electron chi connectivity index (χ0n) is 10.7. The number of H-pyrrole nitrogens is 1. The van der Waals surface area contributed by atoms with Crippen LogP contribution in [0, 0.1) is 0 Å². The van der Waals surface area contributed by atoms with Crippen LogP contribution in [0.1, 0.15) is 6.92 Å². The Balaban J connectivity index is 2.04. The molecule has 0 aliphatic heterocycles. The Hall–Kier alpha value is -2.07. The lowest BCUT2D eigenvalue weighted by Gasteiger charge is -2.08. The minimum Gasteiger partial charge on any atom is -0.363 e. The van der Waals surface area contributed by atoms with E-state index in [9.17, 15) is 0 Å². The molecule has 3 nitrogen and oxygen atoms in total. The molecule has 3 rings (SSSR count). The summed E-state index contributed by atoms with van der Waals surface area (Å²) in [7, 11) is 0. The first-order chi connectivity index (χ1) is 9.28.